The van der Waals surface area contributed by atoms with E-state index >= 15 is 0 Å². The van der Waals surface area contributed by atoms with Crippen LogP contribution in [0.1, 0.15) is 17.7 Å². The molecule has 1 aliphatic rings. The summed E-state index contributed by atoms with van der Waals surface area (Å²) in [5.74, 6) is 0.0663. The van der Waals surface area contributed by atoms with Crippen molar-refractivity contribution in [3.63, 3.8) is 0 Å². The van der Waals surface area contributed by atoms with Crippen LogP contribution < -0.4 is 9.64 Å². The third-order valence-corrected chi connectivity index (χ3v) is 5.06. The first-order valence-electron chi connectivity index (χ1n) is 9.56. The number of ether oxygens (including phenoxy) is 1. The van der Waals surface area contributed by atoms with E-state index in [1.54, 1.807) is 0 Å². The van der Waals surface area contributed by atoms with Gasteiger partial charge in [-0.05, 0) is 29.3 Å². The molecule has 30 heavy (non-hydrogen) atoms. The largest absolute Gasteiger partial charge is 0.471 e. The molecule has 1 fully saturated rings. The van der Waals surface area contributed by atoms with Gasteiger partial charge in [0, 0.05) is 30.3 Å². The van der Waals surface area contributed by atoms with Gasteiger partial charge in [0.15, 0.2) is 5.69 Å². The number of aliphatic hydroxyl groups is 1. The van der Waals surface area contributed by atoms with Crippen LogP contribution in [0.2, 0.25) is 0 Å². The minimum atomic E-state index is -4.53. The zero-order valence-electron chi connectivity index (χ0n) is 16.0. The maximum absolute atomic E-state index is 12.6. The van der Waals surface area contributed by atoms with Gasteiger partial charge in [-0.15, -0.1) is 10.2 Å². The molecule has 1 saturated heterocycles. The smallest absolute Gasteiger partial charge is 0.435 e. The standard InChI is InChI=1S/C22H20F3N3O2/c23-22(24,25)20-8-9-21(27-26-20)30-18-10-11-28(13-18)19-7-6-16(12-17(19)14-29)15-4-2-1-3-5-15/h1-9,12,18,29H,10-11,13-14H2. The molecule has 8 heteroatoms. The molecule has 0 aliphatic carbocycles. The minimum absolute atomic E-state index is 0.0663. The van der Waals surface area contributed by atoms with Gasteiger partial charge in [0.05, 0.1) is 13.2 Å². The molecule has 2 heterocycles. The molecule has 5 nitrogen and oxygen atoms in total. The summed E-state index contributed by atoms with van der Waals surface area (Å²) >= 11 is 0. The summed E-state index contributed by atoms with van der Waals surface area (Å²) < 4.78 is 43.5. The van der Waals surface area contributed by atoms with E-state index in [1.807, 2.05) is 48.5 Å². The van der Waals surface area contributed by atoms with E-state index in [-0.39, 0.29) is 18.6 Å². The monoisotopic (exact) mass is 415 g/mol. The van der Waals surface area contributed by atoms with Crippen LogP contribution in [0.5, 0.6) is 5.88 Å². The molecule has 1 N–H and O–H groups in total. The Morgan fingerprint density at radius 2 is 1.80 bits per heavy atom. The lowest BCUT2D eigenvalue weighted by Crippen LogP contribution is -2.25. The lowest BCUT2D eigenvalue weighted by molar-refractivity contribution is -0.141. The second-order valence-corrected chi connectivity index (χ2v) is 7.10. The second-order valence-electron chi connectivity index (χ2n) is 7.10. The predicted octanol–water partition coefficient (Wildman–Crippen LogP) is 4.31. The summed E-state index contributed by atoms with van der Waals surface area (Å²) in [5, 5.41) is 16.6. The molecule has 1 atom stereocenters. The van der Waals surface area contributed by atoms with Crippen molar-refractivity contribution >= 4 is 5.69 Å². The fraction of sp³-hybridized carbons (Fsp3) is 0.273. The highest BCUT2D eigenvalue weighted by molar-refractivity contribution is 5.69. The molecular weight excluding hydrogens is 395 g/mol. The summed E-state index contributed by atoms with van der Waals surface area (Å²) in [7, 11) is 0. The lowest BCUT2D eigenvalue weighted by atomic mass is 10.0. The van der Waals surface area contributed by atoms with Crippen LogP contribution >= 0.6 is 0 Å². The van der Waals surface area contributed by atoms with Crippen molar-refractivity contribution in [1.82, 2.24) is 10.2 Å². The predicted molar refractivity (Wildman–Crippen MR) is 106 cm³/mol. The van der Waals surface area contributed by atoms with Crippen molar-refractivity contribution in [2.45, 2.75) is 25.3 Å². The van der Waals surface area contributed by atoms with Crippen molar-refractivity contribution in [3.05, 3.63) is 71.9 Å². The molecule has 4 rings (SSSR count). The van der Waals surface area contributed by atoms with Crippen LogP contribution in [0, 0.1) is 0 Å². The van der Waals surface area contributed by atoms with Crippen LogP contribution in [0.4, 0.5) is 18.9 Å². The Morgan fingerprint density at radius 1 is 1.00 bits per heavy atom. The maximum Gasteiger partial charge on any atom is 0.435 e. The van der Waals surface area contributed by atoms with Crippen molar-refractivity contribution in [3.8, 4) is 17.0 Å². The first-order chi connectivity index (χ1) is 14.4. The molecule has 0 spiro atoms. The minimum Gasteiger partial charge on any atom is -0.471 e. The van der Waals surface area contributed by atoms with E-state index in [4.69, 9.17) is 4.74 Å². The molecule has 1 unspecified atom stereocenters. The highest BCUT2D eigenvalue weighted by Crippen LogP contribution is 2.31. The van der Waals surface area contributed by atoms with Gasteiger partial charge < -0.3 is 14.7 Å². The average molecular weight is 415 g/mol. The number of aliphatic hydroxyl groups excluding tert-OH is 1. The first-order valence-corrected chi connectivity index (χ1v) is 9.56. The third kappa shape index (κ3) is 4.38. The van der Waals surface area contributed by atoms with Gasteiger partial charge in [0.25, 0.3) is 0 Å². The SMILES string of the molecule is OCc1cc(-c2ccccc2)ccc1N1CCC(Oc2ccc(C(F)(F)F)nn2)C1. The molecular formula is C22H20F3N3O2. The number of anilines is 1. The number of hydrogen-bond acceptors (Lipinski definition) is 5. The maximum atomic E-state index is 12.6. The fourth-order valence-corrected chi connectivity index (χ4v) is 3.58. The van der Waals surface area contributed by atoms with Gasteiger partial charge in [0.1, 0.15) is 6.10 Å². The van der Waals surface area contributed by atoms with Gasteiger partial charge in [-0.2, -0.15) is 13.2 Å². The Kier molecular flexibility index (Phi) is 5.59. The van der Waals surface area contributed by atoms with Gasteiger partial charge in [0.2, 0.25) is 5.88 Å². The molecule has 1 aromatic heterocycles. The zero-order valence-corrected chi connectivity index (χ0v) is 16.0. The van der Waals surface area contributed by atoms with Crippen molar-refractivity contribution in [2.75, 3.05) is 18.0 Å². The molecule has 0 bridgehead atoms. The summed E-state index contributed by atoms with van der Waals surface area (Å²) in [4.78, 5) is 2.10. The van der Waals surface area contributed by atoms with E-state index in [2.05, 4.69) is 15.1 Å². The molecule has 0 radical (unpaired) electrons. The Balaban J connectivity index is 1.45. The number of alkyl halides is 3. The third-order valence-electron chi connectivity index (χ3n) is 5.06. The molecule has 156 valence electrons. The van der Waals surface area contributed by atoms with Gasteiger partial charge in [-0.25, -0.2) is 0 Å². The highest BCUT2D eigenvalue weighted by atomic mass is 19.4. The van der Waals surface area contributed by atoms with Gasteiger partial charge >= 0.3 is 6.18 Å². The van der Waals surface area contributed by atoms with Gasteiger partial charge in [-0.1, -0.05) is 36.4 Å². The summed E-state index contributed by atoms with van der Waals surface area (Å²) in [6, 6.07) is 17.9. The molecule has 0 amide bonds. The number of hydrogen-bond donors (Lipinski definition) is 1. The van der Waals surface area contributed by atoms with E-state index in [1.165, 1.54) is 6.07 Å². The number of benzene rings is 2. The zero-order chi connectivity index (χ0) is 21.1. The number of halogens is 3. The lowest BCUT2D eigenvalue weighted by Gasteiger charge is -2.22. The van der Waals surface area contributed by atoms with Crippen LogP contribution in [0.15, 0.2) is 60.7 Å². The molecule has 3 aromatic rings. The van der Waals surface area contributed by atoms with Crippen molar-refractivity contribution in [2.24, 2.45) is 0 Å². The normalized spacial score (nSPS) is 16.7. The molecule has 0 saturated carbocycles. The van der Waals surface area contributed by atoms with Crippen molar-refractivity contribution < 1.29 is 23.0 Å². The van der Waals surface area contributed by atoms with Crippen LogP contribution in [-0.2, 0) is 12.8 Å². The summed E-state index contributed by atoms with van der Waals surface area (Å²) in [5.41, 5.74) is 2.78. The Hall–Kier alpha value is -3.13. The topological polar surface area (TPSA) is 58.5 Å². The second kappa shape index (κ2) is 8.31. The van der Waals surface area contributed by atoms with E-state index in [0.717, 1.165) is 28.4 Å². The molecule has 1 aliphatic heterocycles. The summed E-state index contributed by atoms with van der Waals surface area (Å²) in [6.07, 6.45) is -4.06. The van der Waals surface area contributed by atoms with Crippen LogP contribution in [0.25, 0.3) is 11.1 Å². The number of aromatic nitrogens is 2. The Bertz CT molecular complexity index is 995. The summed E-state index contributed by atoms with van der Waals surface area (Å²) in [6.45, 7) is 1.15. The number of rotatable bonds is 5. The molecule has 2 aromatic carbocycles. The van der Waals surface area contributed by atoms with Crippen LogP contribution in [0.3, 0.4) is 0 Å². The van der Waals surface area contributed by atoms with E-state index in [9.17, 15) is 18.3 Å². The van der Waals surface area contributed by atoms with Crippen molar-refractivity contribution in [1.29, 1.82) is 0 Å². The average Bonchev–Trinajstić information content (AvgIpc) is 3.22. The first kappa shape index (κ1) is 20.2. The number of nitrogens with zero attached hydrogens (tertiary/aromatic N) is 3. The van der Waals surface area contributed by atoms with Crippen LogP contribution in [-0.4, -0.2) is 34.5 Å². The fourth-order valence-electron chi connectivity index (χ4n) is 3.58. The van der Waals surface area contributed by atoms with E-state index < -0.39 is 11.9 Å². The Morgan fingerprint density at radius 3 is 2.47 bits per heavy atom. The Labute approximate surface area is 171 Å². The van der Waals surface area contributed by atoms with Gasteiger partial charge in [-0.3, -0.25) is 0 Å². The highest BCUT2D eigenvalue weighted by Gasteiger charge is 2.33. The van der Waals surface area contributed by atoms with E-state index in [0.29, 0.717) is 19.5 Å². The quantitative estimate of drug-likeness (QED) is 0.673.